The van der Waals surface area contributed by atoms with Gasteiger partial charge >= 0.3 is 5.97 Å². The van der Waals surface area contributed by atoms with Gasteiger partial charge in [0.05, 0.1) is 45.5 Å². The zero-order chi connectivity index (χ0) is 24.4. The van der Waals surface area contributed by atoms with Crippen LogP contribution in [0.5, 0.6) is 11.5 Å². The van der Waals surface area contributed by atoms with Crippen LogP contribution in [0.25, 0.3) is 0 Å². The summed E-state index contributed by atoms with van der Waals surface area (Å²) < 4.78 is 17.8. The molecule has 0 aromatic heterocycles. The molecule has 2 heterocycles. The second kappa shape index (κ2) is 10.6. The van der Waals surface area contributed by atoms with E-state index in [2.05, 4.69) is 20.9 Å². The van der Waals surface area contributed by atoms with Gasteiger partial charge in [-0.1, -0.05) is 41.0 Å². The molecule has 2 aliphatic rings. The van der Waals surface area contributed by atoms with Crippen molar-refractivity contribution in [2.45, 2.75) is 26.5 Å². The molecule has 0 radical (unpaired) electrons. The van der Waals surface area contributed by atoms with E-state index in [0.29, 0.717) is 37.3 Å². The lowest BCUT2D eigenvalue weighted by molar-refractivity contribution is -0.139. The maximum Gasteiger partial charge on any atom is 0.338 e. The largest absolute Gasteiger partial charge is 0.493 e. The molecule has 4 rings (SSSR count). The number of carbonyl (C=O) groups is 1. The highest BCUT2D eigenvalue weighted by atomic mass is 79.9. The van der Waals surface area contributed by atoms with Gasteiger partial charge < -0.3 is 19.1 Å². The summed E-state index contributed by atoms with van der Waals surface area (Å²) in [5.41, 5.74) is 2.80. The van der Waals surface area contributed by atoms with E-state index in [1.54, 1.807) is 26.2 Å². The molecule has 0 fully saturated rings. The maximum atomic E-state index is 12.9. The van der Waals surface area contributed by atoms with Crippen molar-refractivity contribution >= 4 is 62.0 Å². The lowest BCUT2D eigenvalue weighted by Gasteiger charge is -2.33. The van der Waals surface area contributed by atoms with Crippen LogP contribution in [0.4, 0.5) is 0 Å². The normalized spacial score (nSPS) is 16.9. The Labute approximate surface area is 220 Å². The predicted octanol–water partition coefficient (Wildman–Crippen LogP) is 7.11. The molecule has 6 nitrogen and oxygen atoms in total. The van der Waals surface area contributed by atoms with Gasteiger partial charge in [0.15, 0.2) is 16.7 Å². The number of benzene rings is 2. The van der Waals surface area contributed by atoms with Crippen molar-refractivity contribution in [2.75, 3.05) is 13.7 Å². The zero-order valence-corrected chi connectivity index (χ0v) is 22.5. The van der Waals surface area contributed by atoms with Crippen LogP contribution >= 0.6 is 50.9 Å². The highest BCUT2D eigenvalue weighted by Gasteiger charge is 2.38. The second-order valence-corrected chi connectivity index (χ2v) is 9.94. The summed E-state index contributed by atoms with van der Waals surface area (Å²) in [5.74, 6) is 0.657. The molecule has 2 aromatic rings. The SMILES string of the molecule is CCOC(=O)C1=C(C)N=C2SC=CN2[C@@H]1c1cc(Br)c(OCc2ccc(Cl)c(Cl)c2)c(OC)c1. The Kier molecular flexibility index (Phi) is 7.82. The number of nitrogens with zero attached hydrogens (tertiary/aromatic N) is 2. The fraction of sp³-hybridized carbons (Fsp3) is 0.250. The maximum absolute atomic E-state index is 12.9. The van der Waals surface area contributed by atoms with Gasteiger partial charge in [-0.2, -0.15) is 0 Å². The number of rotatable bonds is 7. The van der Waals surface area contributed by atoms with Gasteiger partial charge in [0, 0.05) is 6.20 Å². The molecule has 10 heteroatoms. The first-order valence-corrected chi connectivity index (χ1v) is 12.8. The third-order valence-corrected chi connectivity index (χ3v) is 7.35. The molecule has 2 aliphatic heterocycles. The average Bonchev–Trinajstić information content (AvgIpc) is 3.27. The number of halogens is 3. The van der Waals surface area contributed by atoms with Crippen LogP contribution < -0.4 is 9.47 Å². The van der Waals surface area contributed by atoms with E-state index in [4.69, 9.17) is 37.4 Å². The Morgan fingerprint density at radius 1 is 1.24 bits per heavy atom. The fourth-order valence-electron chi connectivity index (χ4n) is 3.72. The lowest BCUT2D eigenvalue weighted by atomic mass is 9.94. The van der Waals surface area contributed by atoms with E-state index in [0.717, 1.165) is 16.3 Å². The van der Waals surface area contributed by atoms with E-state index in [-0.39, 0.29) is 13.2 Å². The summed E-state index contributed by atoms with van der Waals surface area (Å²) >= 11 is 17.3. The number of amidine groups is 1. The molecule has 0 saturated heterocycles. The minimum atomic E-state index is -0.424. The summed E-state index contributed by atoms with van der Waals surface area (Å²) in [6.07, 6.45) is 1.91. The molecule has 0 N–H and O–H groups in total. The smallest absolute Gasteiger partial charge is 0.338 e. The molecular formula is C24H21BrCl2N2O4S. The van der Waals surface area contributed by atoms with Gasteiger partial charge in [0.1, 0.15) is 6.61 Å². The van der Waals surface area contributed by atoms with Crippen molar-refractivity contribution in [2.24, 2.45) is 4.99 Å². The number of carbonyl (C=O) groups excluding carboxylic acids is 1. The van der Waals surface area contributed by atoms with Crippen molar-refractivity contribution in [1.29, 1.82) is 0 Å². The molecule has 0 amide bonds. The van der Waals surface area contributed by atoms with E-state index < -0.39 is 12.0 Å². The molecule has 0 saturated carbocycles. The lowest BCUT2D eigenvalue weighted by Crippen LogP contribution is -2.34. The van der Waals surface area contributed by atoms with E-state index >= 15 is 0 Å². The average molecular weight is 584 g/mol. The molecular weight excluding hydrogens is 563 g/mol. The fourth-order valence-corrected chi connectivity index (χ4v) is 5.41. The highest BCUT2D eigenvalue weighted by molar-refractivity contribution is 9.10. The standard InChI is InChI=1S/C24H21BrCl2N2O4S/c1-4-32-23(30)20-13(2)28-24-29(7-8-34-24)21(20)15-10-16(25)22(19(11-15)31-3)33-12-14-5-6-17(26)18(27)9-14/h5-11,21H,4,12H2,1-3H3/t21-/m1/s1. The topological polar surface area (TPSA) is 60.4 Å². The van der Waals surface area contributed by atoms with Crippen LogP contribution in [-0.4, -0.2) is 29.8 Å². The van der Waals surface area contributed by atoms with Crippen LogP contribution in [0.15, 0.2) is 62.7 Å². The summed E-state index contributed by atoms with van der Waals surface area (Å²) in [7, 11) is 1.57. The first-order chi connectivity index (χ1) is 16.3. The Morgan fingerprint density at radius 2 is 2.03 bits per heavy atom. The third kappa shape index (κ3) is 4.96. The van der Waals surface area contributed by atoms with Gasteiger partial charge in [0.25, 0.3) is 0 Å². The molecule has 0 spiro atoms. The zero-order valence-electron chi connectivity index (χ0n) is 18.6. The first kappa shape index (κ1) is 25.0. The Balaban J connectivity index is 1.70. The number of thioether (sulfide) groups is 1. The first-order valence-electron chi connectivity index (χ1n) is 10.4. The van der Waals surface area contributed by atoms with Crippen LogP contribution in [0.2, 0.25) is 10.0 Å². The van der Waals surface area contributed by atoms with E-state index in [9.17, 15) is 4.79 Å². The Morgan fingerprint density at radius 3 is 2.74 bits per heavy atom. The number of fused-ring (bicyclic) bond motifs is 1. The minimum absolute atomic E-state index is 0.268. The number of ether oxygens (including phenoxy) is 3. The minimum Gasteiger partial charge on any atom is -0.493 e. The van der Waals surface area contributed by atoms with Crippen LogP contribution in [0.1, 0.15) is 31.0 Å². The summed E-state index contributed by atoms with van der Waals surface area (Å²) in [4.78, 5) is 19.5. The molecule has 2 aromatic carbocycles. The van der Waals surface area contributed by atoms with Crippen molar-refractivity contribution in [3.63, 3.8) is 0 Å². The van der Waals surface area contributed by atoms with Crippen molar-refractivity contribution < 1.29 is 19.0 Å². The number of methoxy groups -OCH3 is 1. The number of hydrogen-bond acceptors (Lipinski definition) is 7. The van der Waals surface area contributed by atoms with Gasteiger partial charge in [-0.05, 0) is 70.6 Å². The van der Waals surface area contributed by atoms with Gasteiger partial charge in [-0.25, -0.2) is 9.79 Å². The summed E-state index contributed by atoms with van der Waals surface area (Å²) in [5, 5.41) is 3.68. The van der Waals surface area contributed by atoms with Crippen LogP contribution in [-0.2, 0) is 16.1 Å². The van der Waals surface area contributed by atoms with Crippen LogP contribution in [0, 0.1) is 0 Å². The van der Waals surface area contributed by atoms with Gasteiger partial charge in [0.2, 0.25) is 0 Å². The molecule has 34 heavy (non-hydrogen) atoms. The van der Waals surface area contributed by atoms with E-state index in [1.807, 2.05) is 41.6 Å². The van der Waals surface area contributed by atoms with E-state index in [1.165, 1.54) is 11.8 Å². The van der Waals surface area contributed by atoms with Crippen molar-refractivity contribution in [3.8, 4) is 11.5 Å². The number of allylic oxidation sites excluding steroid dienone is 1. The summed E-state index contributed by atoms with van der Waals surface area (Å²) in [6.45, 7) is 4.15. The van der Waals surface area contributed by atoms with Gasteiger partial charge in [-0.15, -0.1) is 0 Å². The molecule has 0 bridgehead atoms. The quantitative estimate of drug-likeness (QED) is 0.324. The Bertz CT molecular complexity index is 1230. The Hall–Kier alpha value is -2.13. The highest BCUT2D eigenvalue weighted by Crippen LogP contribution is 2.45. The summed E-state index contributed by atoms with van der Waals surface area (Å²) in [6, 6.07) is 8.70. The molecule has 178 valence electrons. The molecule has 0 aliphatic carbocycles. The van der Waals surface area contributed by atoms with Gasteiger partial charge in [-0.3, -0.25) is 0 Å². The molecule has 1 atom stereocenters. The third-order valence-electron chi connectivity index (χ3n) is 5.25. The number of esters is 1. The number of hydrogen-bond donors (Lipinski definition) is 0. The second-order valence-electron chi connectivity index (χ2n) is 7.40. The monoisotopic (exact) mass is 582 g/mol. The van der Waals surface area contributed by atoms with Crippen molar-refractivity contribution in [1.82, 2.24) is 4.90 Å². The predicted molar refractivity (Wildman–Crippen MR) is 140 cm³/mol. The van der Waals surface area contributed by atoms with Crippen molar-refractivity contribution in [3.05, 3.63) is 78.9 Å². The molecule has 0 unspecified atom stereocenters. The van der Waals surface area contributed by atoms with Crippen LogP contribution in [0.3, 0.4) is 0 Å². The number of aliphatic imine (C=N–C) groups is 1.